The molecule has 0 saturated heterocycles. The van der Waals surface area contributed by atoms with E-state index in [-0.39, 0.29) is 7.43 Å². The molecule has 0 N–H and O–H groups in total. The van der Waals surface area contributed by atoms with Crippen LogP contribution in [0.2, 0.25) is 0 Å². The predicted octanol–water partition coefficient (Wildman–Crippen LogP) is 0.838. The molecule has 0 fully saturated rings. The molecule has 0 aliphatic rings. The van der Waals surface area contributed by atoms with E-state index in [0.29, 0.717) is 9.12 Å². The zero-order chi connectivity index (χ0) is 4.24. The maximum atomic E-state index is 2.21. The summed E-state index contributed by atoms with van der Waals surface area (Å²) in [6, 6.07) is 6.24. The van der Waals surface area contributed by atoms with Gasteiger partial charge in [-0.1, -0.05) is 29.6 Å². The monoisotopic (exact) mass is 106 g/mol. The second-order valence-electron chi connectivity index (χ2n) is 1.15. The van der Waals surface area contributed by atoms with Crippen molar-refractivity contribution in [2.24, 2.45) is 0 Å². The van der Waals surface area contributed by atoms with Gasteiger partial charge in [0.2, 0.25) is 0 Å². The fourth-order valence-corrected chi connectivity index (χ4v) is 1.03. The maximum Gasteiger partial charge on any atom is 0.0198 e. The summed E-state index contributed by atoms with van der Waals surface area (Å²) in [5, 5.41) is 0. The topological polar surface area (TPSA) is 0 Å². The lowest BCUT2D eigenvalue weighted by atomic mass is 10.6. The molecule has 0 atom stereocenters. The molecule has 0 aliphatic carbocycles. The van der Waals surface area contributed by atoms with E-state index in [0.717, 1.165) is 0 Å². The van der Waals surface area contributed by atoms with Crippen LogP contribution in [-0.2, 0) is 0 Å². The molecule has 0 unspecified atom stereocenters. The van der Waals surface area contributed by atoms with E-state index in [9.17, 15) is 0 Å². The van der Waals surface area contributed by atoms with Crippen LogP contribution in [-0.4, -0.2) is 9.12 Å². The van der Waals surface area contributed by atoms with Gasteiger partial charge in [-0.15, -0.1) is 0 Å². The van der Waals surface area contributed by atoms with Crippen molar-refractivity contribution in [2.75, 3.05) is 0 Å². The fourth-order valence-electron chi connectivity index (χ4n) is 0.385. The average Bonchev–Trinajstić information content (AvgIpc) is 1.72. The molecule has 0 aliphatic heterocycles. The Labute approximate surface area is 46.9 Å². The second-order valence-corrected chi connectivity index (χ2v) is 2.31. The summed E-state index contributed by atoms with van der Waals surface area (Å²) >= 11 is 0. The lowest BCUT2D eigenvalue weighted by Gasteiger charge is -1.69. The molecule has 1 heterocycles. The third-order valence-electron chi connectivity index (χ3n) is 0.667. The quantitative estimate of drug-likeness (QED) is 0.430. The van der Waals surface area contributed by atoms with Crippen LogP contribution < -0.4 is 0 Å². The molecule has 4 radical (unpaired) electrons. The molecular formula is C6H6Si. The second kappa shape index (κ2) is 3.75. The molecule has 0 nitrogen and oxygen atoms in total. The van der Waals surface area contributed by atoms with Gasteiger partial charge in [0.25, 0.3) is 0 Å². The van der Waals surface area contributed by atoms with Gasteiger partial charge in [-0.25, -0.2) is 0 Å². The Morgan fingerprint density at radius 1 is 0.857 bits per heavy atom. The molecule has 7 heavy (non-hydrogen) atoms. The maximum absolute atomic E-state index is 2.21. The molecule has 34 valence electrons. The minimum atomic E-state index is 0. The minimum Gasteiger partial charge on any atom is -0.0805 e. The molecule has 0 amide bonds. The van der Waals surface area contributed by atoms with Crippen molar-refractivity contribution in [1.82, 2.24) is 0 Å². The number of rotatable bonds is 0. The van der Waals surface area contributed by atoms with Crippen molar-refractivity contribution in [3.8, 4) is 0 Å². The average molecular weight is 106 g/mol. The van der Waals surface area contributed by atoms with E-state index in [1.54, 1.807) is 0 Å². The first-order valence-electron chi connectivity index (χ1n) is 2.00. The Kier molecular flexibility index (Phi) is 3.51. The molecule has 1 rings (SSSR count). The van der Waals surface area contributed by atoms with Crippen molar-refractivity contribution in [3.63, 3.8) is 0 Å². The van der Waals surface area contributed by atoms with Crippen LogP contribution in [0.15, 0.2) is 29.6 Å². The first-order valence-corrected chi connectivity index (χ1v) is 3.33. The van der Waals surface area contributed by atoms with Crippen LogP contribution in [0.25, 0.3) is 0 Å². The molecule has 1 aromatic rings. The van der Waals surface area contributed by atoms with Gasteiger partial charge >= 0.3 is 0 Å². The Balaban J connectivity index is 0.000000360. The highest BCUT2D eigenvalue weighted by molar-refractivity contribution is 6.26. The van der Waals surface area contributed by atoms with Gasteiger partial charge in [-0.3, -0.25) is 0 Å². The molecule has 0 bridgehead atoms. The van der Waals surface area contributed by atoms with E-state index in [2.05, 4.69) is 29.6 Å². The van der Waals surface area contributed by atoms with Crippen LogP contribution >= 0.6 is 0 Å². The van der Waals surface area contributed by atoms with Gasteiger partial charge in [0, 0.05) is 16.5 Å². The lowest BCUT2D eigenvalue weighted by molar-refractivity contribution is 1.87. The molecule has 0 saturated carbocycles. The van der Waals surface area contributed by atoms with Crippen molar-refractivity contribution in [2.45, 2.75) is 0 Å². The minimum absolute atomic E-state index is 0. The highest BCUT2D eigenvalue weighted by Crippen LogP contribution is 1.73. The molecule has 1 heteroatoms. The fraction of sp³-hybridized carbons (Fsp3) is 0. The smallest absolute Gasteiger partial charge is 0.0198 e. The van der Waals surface area contributed by atoms with E-state index < -0.39 is 0 Å². The zero-order valence-corrected chi connectivity index (χ0v) is 5.12. The third kappa shape index (κ3) is 2.29. The molecular weight excluding hydrogens is 100 g/mol. The largest absolute Gasteiger partial charge is 0.0805 e. The summed E-state index contributed by atoms with van der Waals surface area (Å²) in [5.74, 6) is 0. The van der Waals surface area contributed by atoms with E-state index in [1.807, 2.05) is 0 Å². The predicted molar refractivity (Wildman–Crippen MR) is 32.4 cm³/mol. The molecule has 0 aromatic carbocycles. The standard InChI is InChI=1S/C5H6Si.C/c1-2-4-6-5-3-1;/h1-6H;. The Morgan fingerprint density at radius 3 is 1.57 bits per heavy atom. The highest BCUT2D eigenvalue weighted by Gasteiger charge is 1.58. The van der Waals surface area contributed by atoms with Crippen molar-refractivity contribution >= 4 is 9.12 Å². The van der Waals surface area contributed by atoms with Gasteiger partial charge in [0.05, 0.1) is 0 Å². The first kappa shape index (κ1) is 6.57. The van der Waals surface area contributed by atoms with Gasteiger partial charge in [0.15, 0.2) is 0 Å². The Hall–Kier alpha value is -0.433. The summed E-state index contributed by atoms with van der Waals surface area (Å²) in [5.41, 5.74) is 4.42. The van der Waals surface area contributed by atoms with Crippen LogP contribution in [0.4, 0.5) is 0 Å². The summed E-state index contributed by atoms with van der Waals surface area (Å²) in [7, 11) is 0.513. The van der Waals surface area contributed by atoms with Crippen LogP contribution in [0, 0.1) is 7.43 Å². The Bertz CT molecular complexity index is 76.1. The molecule has 1 aromatic heterocycles. The highest BCUT2D eigenvalue weighted by atomic mass is 28.2. The van der Waals surface area contributed by atoms with Crippen molar-refractivity contribution in [1.29, 1.82) is 0 Å². The number of hydrogen-bond acceptors (Lipinski definition) is 0. The summed E-state index contributed by atoms with van der Waals surface area (Å²) in [4.78, 5) is 0. The van der Waals surface area contributed by atoms with Crippen LogP contribution in [0.5, 0.6) is 0 Å². The van der Waals surface area contributed by atoms with Crippen LogP contribution in [0.1, 0.15) is 0 Å². The van der Waals surface area contributed by atoms with E-state index in [4.69, 9.17) is 0 Å². The number of hydrogen-bond donors (Lipinski definition) is 0. The zero-order valence-electron chi connectivity index (χ0n) is 3.96. The summed E-state index contributed by atoms with van der Waals surface area (Å²) in [6.07, 6.45) is 0. The van der Waals surface area contributed by atoms with Gasteiger partial charge < -0.3 is 0 Å². The summed E-state index contributed by atoms with van der Waals surface area (Å²) in [6.45, 7) is 0. The lowest BCUT2D eigenvalue weighted by Crippen LogP contribution is -1.60. The SMILES string of the molecule is [C].c1cc[siH]cc1. The van der Waals surface area contributed by atoms with E-state index >= 15 is 0 Å². The summed E-state index contributed by atoms with van der Waals surface area (Å²) < 4.78 is 0. The van der Waals surface area contributed by atoms with Gasteiger partial charge in [-0.05, 0) is 0 Å². The third-order valence-corrected chi connectivity index (χ3v) is 1.56. The van der Waals surface area contributed by atoms with Crippen LogP contribution in [0.3, 0.4) is 0 Å². The van der Waals surface area contributed by atoms with E-state index in [1.165, 1.54) is 0 Å². The molecule has 0 spiro atoms. The Morgan fingerprint density at radius 2 is 1.43 bits per heavy atom. The van der Waals surface area contributed by atoms with Crippen molar-refractivity contribution < 1.29 is 0 Å². The van der Waals surface area contributed by atoms with Gasteiger partial charge in [0.1, 0.15) is 0 Å². The van der Waals surface area contributed by atoms with Gasteiger partial charge in [-0.2, -0.15) is 0 Å². The normalized spacial score (nSPS) is 6.86. The first-order chi connectivity index (χ1) is 3.00. The van der Waals surface area contributed by atoms with Crippen molar-refractivity contribution in [3.05, 3.63) is 37.0 Å².